The molecule has 0 aromatic carbocycles. The molecule has 0 radical (unpaired) electrons. The van der Waals surface area contributed by atoms with Crippen molar-refractivity contribution in [3.8, 4) is 5.75 Å². The largest absolute Gasteiger partial charge is 0.496 e. The molecule has 0 fully saturated rings. The molecule has 0 spiro atoms. The van der Waals surface area contributed by atoms with Crippen molar-refractivity contribution < 1.29 is 4.74 Å². The van der Waals surface area contributed by atoms with Gasteiger partial charge in [0, 0.05) is 36.3 Å². The minimum Gasteiger partial charge on any atom is -0.496 e. The van der Waals surface area contributed by atoms with Crippen molar-refractivity contribution in [1.29, 1.82) is 0 Å². The molecule has 4 heteroatoms. The van der Waals surface area contributed by atoms with Crippen LogP contribution in [0, 0.1) is 13.8 Å². The lowest BCUT2D eigenvalue weighted by molar-refractivity contribution is 0.406. The van der Waals surface area contributed by atoms with Crippen molar-refractivity contribution >= 4 is 0 Å². The fourth-order valence-corrected chi connectivity index (χ4v) is 2.23. The highest BCUT2D eigenvalue weighted by molar-refractivity contribution is 5.40. The molecule has 0 saturated carbocycles. The Balaban J connectivity index is 1.88. The molecule has 2 rings (SSSR count). The number of pyridine rings is 2. The Bertz CT molecular complexity index is 555. The maximum atomic E-state index is 5.42. The summed E-state index contributed by atoms with van der Waals surface area (Å²) in [7, 11) is 1.70. The number of aryl methyl sites for hydroxylation is 1. The molecule has 4 nitrogen and oxygen atoms in total. The van der Waals surface area contributed by atoms with E-state index in [1.165, 1.54) is 5.56 Å². The van der Waals surface area contributed by atoms with E-state index in [-0.39, 0.29) is 0 Å². The Kier molecular flexibility index (Phi) is 5.07. The van der Waals surface area contributed by atoms with E-state index in [0.717, 1.165) is 42.1 Å². The summed E-state index contributed by atoms with van der Waals surface area (Å²) in [5.74, 6) is 0.934. The molecule has 0 unspecified atom stereocenters. The first-order chi connectivity index (χ1) is 9.72. The molecule has 0 saturated heterocycles. The summed E-state index contributed by atoms with van der Waals surface area (Å²) in [5.41, 5.74) is 4.47. The van der Waals surface area contributed by atoms with Crippen LogP contribution in [0.2, 0.25) is 0 Å². The minimum absolute atomic E-state index is 0.753. The van der Waals surface area contributed by atoms with Gasteiger partial charge in [0.05, 0.1) is 12.8 Å². The first-order valence-corrected chi connectivity index (χ1v) is 6.81. The zero-order valence-corrected chi connectivity index (χ0v) is 12.3. The Hall–Kier alpha value is -1.94. The van der Waals surface area contributed by atoms with Gasteiger partial charge in [-0.15, -0.1) is 0 Å². The highest BCUT2D eigenvalue weighted by atomic mass is 16.5. The van der Waals surface area contributed by atoms with Crippen LogP contribution in [0.25, 0.3) is 0 Å². The van der Waals surface area contributed by atoms with Crippen LogP contribution in [-0.4, -0.2) is 23.6 Å². The van der Waals surface area contributed by atoms with Crippen molar-refractivity contribution in [1.82, 2.24) is 15.3 Å². The van der Waals surface area contributed by atoms with Crippen LogP contribution in [0.5, 0.6) is 5.75 Å². The lowest BCUT2D eigenvalue weighted by atomic mass is 10.1. The smallest absolute Gasteiger partial charge is 0.128 e. The van der Waals surface area contributed by atoms with Gasteiger partial charge in [-0.1, -0.05) is 6.07 Å². The molecule has 106 valence electrons. The maximum Gasteiger partial charge on any atom is 0.128 e. The SMILES string of the molecule is COc1c(C)cnc(CNCCc2cccnc2)c1C. The van der Waals surface area contributed by atoms with Crippen LogP contribution in [0.3, 0.4) is 0 Å². The lowest BCUT2D eigenvalue weighted by Gasteiger charge is -2.12. The van der Waals surface area contributed by atoms with Gasteiger partial charge in [0.25, 0.3) is 0 Å². The van der Waals surface area contributed by atoms with Gasteiger partial charge in [-0.2, -0.15) is 0 Å². The number of rotatable bonds is 6. The van der Waals surface area contributed by atoms with Crippen molar-refractivity contribution in [3.05, 3.63) is 53.1 Å². The second-order valence-corrected chi connectivity index (χ2v) is 4.83. The van der Waals surface area contributed by atoms with E-state index in [1.54, 1.807) is 13.3 Å². The van der Waals surface area contributed by atoms with Gasteiger partial charge in [-0.05, 0) is 38.4 Å². The first-order valence-electron chi connectivity index (χ1n) is 6.81. The minimum atomic E-state index is 0.753. The highest BCUT2D eigenvalue weighted by Gasteiger charge is 2.08. The van der Waals surface area contributed by atoms with E-state index >= 15 is 0 Å². The van der Waals surface area contributed by atoms with Crippen molar-refractivity contribution in [3.63, 3.8) is 0 Å². The quantitative estimate of drug-likeness (QED) is 0.820. The number of nitrogens with zero attached hydrogens (tertiary/aromatic N) is 2. The number of ether oxygens (including phenoxy) is 1. The lowest BCUT2D eigenvalue weighted by Crippen LogP contribution is -2.18. The monoisotopic (exact) mass is 271 g/mol. The van der Waals surface area contributed by atoms with E-state index in [9.17, 15) is 0 Å². The third-order valence-electron chi connectivity index (χ3n) is 3.36. The predicted molar refractivity (Wildman–Crippen MR) is 79.9 cm³/mol. The summed E-state index contributed by atoms with van der Waals surface area (Å²) < 4.78 is 5.42. The number of aromatic nitrogens is 2. The Morgan fingerprint density at radius 2 is 2.10 bits per heavy atom. The standard InChI is InChI=1S/C16H21N3O/c1-12-9-19-15(13(2)16(12)20-3)11-18-8-6-14-5-4-7-17-10-14/h4-5,7,9-10,18H,6,8,11H2,1-3H3. The Morgan fingerprint density at radius 1 is 1.25 bits per heavy atom. The maximum absolute atomic E-state index is 5.42. The van der Waals surface area contributed by atoms with Crippen LogP contribution >= 0.6 is 0 Å². The van der Waals surface area contributed by atoms with Gasteiger partial charge in [-0.25, -0.2) is 0 Å². The van der Waals surface area contributed by atoms with Crippen molar-refractivity contribution in [2.45, 2.75) is 26.8 Å². The molecule has 2 aromatic rings. The molecular weight excluding hydrogens is 250 g/mol. The van der Waals surface area contributed by atoms with Crippen LogP contribution < -0.4 is 10.1 Å². The zero-order valence-electron chi connectivity index (χ0n) is 12.3. The normalized spacial score (nSPS) is 10.6. The number of methoxy groups -OCH3 is 1. The zero-order chi connectivity index (χ0) is 14.4. The second kappa shape index (κ2) is 7.01. The molecule has 0 amide bonds. The average Bonchev–Trinajstić information content (AvgIpc) is 2.47. The number of hydrogen-bond acceptors (Lipinski definition) is 4. The van der Waals surface area contributed by atoms with Gasteiger partial charge in [0.2, 0.25) is 0 Å². The summed E-state index contributed by atoms with van der Waals surface area (Å²) >= 11 is 0. The molecule has 0 aliphatic rings. The predicted octanol–water partition coefficient (Wildman–Crippen LogP) is 2.43. The van der Waals surface area contributed by atoms with Gasteiger partial charge < -0.3 is 10.1 Å². The third kappa shape index (κ3) is 3.54. The second-order valence-electron chi connectivity index (χ2n) is 4.83. The van der Waals surface area contributed by atoms with Crippen molar-refractivity contribution in [2.75, 3.05) is 13.7 Å². The summed E-state index contributed by atoms with van der Waals surface area (Å²) in [6.45, 7) is 5.72. The molecule has 1 N–H and O–H groups in total. The first kappa shape index (κ1) is 14.5. The highest BCUT2D eigenvalue weighted by Crippen LogP contribution is 2.23. The van der Waals surface area contributed by atoms with Crippen LogP contribution in [-0.2, 0) is 13.0 Å². The molecule has 0 atom stereocenters. The van der Waals surface area contributed by atoms with Gasteiger partial charge >= 0.3 is 0 Å². The Labute approximate surface area is 120 Å². The number of nitrogens with one attached hydrogen (secondary N) is 1. The summed E-state index contributed by atoms with van der Waals surface area (Å²) in [4.78, 5) is 8.59. The van der Waals surface area contributed by atoms with E-state index in [4.69, 9.17) is 4.74 Å². The summed E-state index contributed by atoms with van der Waals surface area (Å²) in [6, 6.07) is 4.05. The molecule has 20 heavy (non-hydrogen) atoms. The average molecular weight is 271 g/mol. The van der Waals surface area contributed by atoms with E-state index in [0.29, 0.717) is 0 Å². The van der Waals surface area contributed by atoms with Gasteiger partial charge in [-0.3, -0.25) is 9.97 Å². The Morgan fingerprint density at radius 3 is 2.80 bits per heavy atom. The van der Waals surface area contributed by atoms with E-state index < -0.39 is 0 Å². The molecule has 2 heterocycles. The molecule has 0 aliphatic heterocycles. The van der Waals surface area contributed by atoms with Crippen LogP contribution in [0.15, 0.2) is 30.7 Å². The fraction of sp³-hybridized carbons (Fsp3) is 0.375. The van der Waals surface area contributed by atoms with Crippen molar-refractivity contribution in [2.24, 2.45) is 0 Å². The van der Waals surface area contributed by atoms with Gasteiger partial charge in [0.15, 0.2) is 0 Å². The molecule has 2 aromatic heterocycles. The fourth-order valence-electron chi connectivity index (χ4n) is 2.23. The number of hydrogen-bond donors (Lipinski definition) is 1. The van der Waals surface area contributed by atoms with E-state index in [1.807, 2.05) is 25.4 Å². The molecular formula is C16H21N3O. The van der Waals surface area contributed by atoms with Crippen LogP contribution in [0.4, 0.5) is 0 Å². The summed E-state index contributed by atoms with van der Waals surface area (Å²) in [6.07, 6.45) is 6.53. The summed E-state index contributed by atoms with van der Waals surface area (Å²) in [5, 5.41) is 3.42. The molecule has 0 aliphatic carbocycles. The van der Waals surface area contributed by atoms with Crippen LogP contribution in [0.1, 0.15) is 22.4 Å². The molecule has 0 bridgehead atoms. The topological polar surface area (TPSA) is 47.0 Å². The van der Waals surface area contributed by atoms with Gasteiger partial charge in [0.1, 0.15) is 5.75 Å². The van der Waals surface area contributed by atoms with E-state index in [2.05, 4.69) is 28.3 Å². The third-order valence-corrected chi connectivity index (χ3v) is 3.36.